The molecule has 1 aliphatic rings. The molecule has 2 aromatic heterocycles. The molecule has 1 aromatic carbocycles. The maximum Gasteiger partial charge on any atom is 0.413 e. The van der Waals surface area contributed by atoms with E-state index in [9.17, 15) is 24.3 Å². The van der Waals surface area contributed by atoms with Crippen LogP contribution in [0.1, 0.15) is 94.8 Å². The molecule has 4 rings (SSSR count). The zero-order valence-corrected chi connectivity index (χ0v) is 38.7. The van der Waals surface area contributed by atoms with Crippen molar-refractivity contribution in [2.45, 2.75) is 136 Å². The molecule has 3 atom stereocenters. The Labute approximate surface area is 351 Å². The quantitative estimate of drug-likeness (QED) is 0.0472. The third kappa shape index (κ3) is 12.9. The molecule has 3 heterocycles. The first-order valence-electron chi connectivity index (χ1n) is 19.4. The molecule has 1 saturated heterocycles. The molecule has 59 heavy (non-hydrogen) atoms. The summed E-state index contributed by atoms with van der Waals surface area (Å²) in [5.41, 5.74) is -2.18. The minimum Gasteiger partial charge on any atom is -0.489 e. The van der Waals surface area contributed by atoms with Crippen molar-refractivity contribution in [1.82, 2.24) is 14.6 Å². The summed E-state index contributed by atoms with van der Waals surface area (Å²) < 4.78 is 33.6. The first-order valence-corrected chi connectivity index (χ1v) is 23.2. The van der Waals surface area contributed by atoms with Gasteiger partial charge in [-0.05, 0) is 92.6 Å². The van der Waals surface area contributed by atoms with Crippen LogP contribution >= 0.6 is 11.3 Å². The number of hydrogen-bond donors (Lipinski definition) is 2. The molecule has 1 fully saturated rings. The number of likely N-dealkylation sites (tertiary alicyclic amines) is 1. The number of amides is 2. The Kier molecular flexibility index (Phi) is 13.9. The number of ether oxygens (including phenoxy) is 4. The molecule has 2 amide bonds. The van der Waals surface area contributed by atoms with Crippen LogP contribution in [0, 0.1) is 0 Å². The van der Waals surface area contributed by atoms with E-state index in [0.717, 1.165) is 22.2 Å². The second-order valence-electron chi connectivity index (χ2n) is 19.0. The Hall–Kier alpha value is -4.75. The molecular weight excluding hydrogens is 801 g/mol. The van der Waals surface area contributed by atoms with Crippen LogP contribution in [0.5, 0.6) is 5.75 Å². The number of oxime groups is 1. The summed E-state index contributed by atoms with van der Waals surface area (Å²) in [5.74, 6) is -1.93. The van der Waals surface area contributed by atoms with Crippen LogP contribution in [0.4, 0.5) is 14.7 Å². The summed E-state index contributed by atoms with van der Waals surface area (Å²) in [7, 11) is -0.319. The van der Waals surface area contributed by atoms with Gasteiger partial charge in [0.2, 0.25) is 11.2 Å². The average molecular weight is 862 g/mol. The first-order chi connectivity index (χ1) is 26.9. The maximum absolute atomic E-state index is 13.3. The normalized spacial score (nSPS) is 17.4. The predicted molar refractivity (Wildman–Crippen MR) is 224 cm³/mol. The lowest BCUT2D eigenvalue weighted by molar-refractivity contribution is -0.733. The fraction of sp³-hybridized carbons (Fsp3) is 0.625. The Balaban J connectivity index is 1.59. The van der Waals surface area contributed by atoms with Crippen molar-refractivity contribution >= 4 is 65.5 Å². The molecule has 2 N–H and O–H groups in total. The molecule has 19 heteroatoms. The Morgan fingerprint density at radius 1 is 0.966 bits per heavy atom. The smallest absolute Gasteiger partial charge is 0.413 e. The number of nitrogens with one attached hydrogen (secondary N) is 1. The number of aryl methyl sites for hydroxylation is 1. The number of benzene rings is 1. The molecule has 0 aliphatic carbocycles. The Morgan fingerprint density at radius 2 is 1.59 bits per heavy atom. The highest BCUT2D eigenvalue weighted by Gasteiger charge is 2.47. The molecule has 0 spiro atoms. The minimum absolute atomic E-state index is 0.0564. The largest absolute Gasteiger partial charge is 0.489 e. The number of esters is 1. The minimum atomic E-state index is -2.25. The average Bonchev–Trinajstić information content (AvgIpc) is 3.76. The lowest BCUT2D eigenvalue weighted by Gasteiger charge is -2.39. The number of rotatable bonds is 12. The number of anilines is 1. The van der Waals surface area contributed by atoms with Gasteiger partial charge in [-0.3, -0.25) is 5.32 Å². The van der Waals surface area contributed by atoms with E-state index in [2.05, 4.69) is 54.0 Å². The maximum atomic E-state index is 13.3. The standard InChI is InChI=1S/C40H60N6O11SSi/c1-37(2,3)53-33(49)30(56-43-31(32(47)48)26-23-58-34(41-26)42-35(50)54-38(4,5)6)22-52-25-16-17-27-24(18-25)19-46(44(27)13)28-20-45(36(51)55-39(7,8)9)21-29(28)57-59(14,15)40(10,11)12/h16-19,23,28-30H,20-22H2,1-15H3,(H-,41,42,47,48,50)/p+1/t28-,29+,30?/m1/s1. The van der Waals surface area contributed by atoms with Gasteiger partial charge in [0, 0.05) is 11.4 Å². The molecule has 0 bridgehead atoms. The van der Waals surface area contributed by atoms with E-state index in [-0.39, 0.29) is 34.6 Å². The van der Waals surface area contributed by atoms with Crippen LogP contribution < -0.4 is 14.7 Å². The van der Waals surface area contributed by atoms with E-state index >= 15 is 0 Å². The van der Waals surface area contributed by atoms with Gasteiger partial charge in [-0.25, -0.2) is 24.2 Å². The van der Waals surface area contributed by atoms with Crippen LogP contribution in [0.3, 0.4) is 0 Å². The van der Waals surface area contributed by atoms with Crippen molar-refractivity contribution in [2.75, 3.05) is 25.0 Å². The summed E-state index contributed by atoms with van der Waals surface area (Å²) in [6.07, 6.45) is -0.974. The van der Waals surface area contributed by atoms with Crippen molar-refractivity contribution in [3.8, 4) is 5.75 Å². The van der Waals surface area contributed by atoms with Crippen molar-refractivity contribution in [2.24, 2.45) is 12.2 Å². The number of hydrogen-bond acceptors (Lipinski definition) is 13. The van der Waals surface area contributed by atoms with Gasteiger partial charge in [-0.1, -0.05) is 25.9 Å². The zero-order valence-electron chi connectivity index (χ0n) is 36.9. The number of fused-ring (bicyclic) bond motifs is 1. The van der Waals surface area contributed by atoms with E-state index in [1.165, 1.54) is 5.38 Å². The van der Waals surface area contributed by atoms with Gasteiger partial charge in [0.15, 0.2) is 20.5 Å². The van der Waals surface area contributed by atoms with Gasteiger partial charge in [-0.2, -0.15) is 4.68 Å². The van der Waals surface area contributed by atoms with Gasteiger partial charge in [0.05, 0.1) is 30.8 Å². The number of carbonyl (C=O) groups is 4. The number of carboxylic acid groups (broad SMARTS) is 1. The number of thiazole rings is 1. The van der Waals surface area contributed by atoms with Crippen molar-refractivity contribution in [1.29, 1.82) is 0 Å². The van der Waals surface area contributed by atoms with Crippen LogP contribution in [0.25, 0.3) is 10.9 Å². The van der Waals surface area contributed by atoms with Crippen LogP contribution in [0.2, 0.25) is 18.1 Å². The third-order valence-electron chi connectivity index (χ3n) is 9.35. The highest BCUT2D eigenvalue weighted by molar-refractivity contribution is 7.14. The Morgan fingerprint density at radius 3 is 2.17 bits per heavy atom. The molecule has 17 nitrogen and oxygen atoms in total. The van der Waals surface area contributed by atoms with E-state index in [1.54, 1.807) is 52.5 Å². The monoisotopic (exact) mass is 861 g/mol. The SMILES string of the molecule is C[n+]1c2ccc(OCC(ON=C(C(=O)O)c3csc(NC(=O)OC(C)(C)C)n3)C(=O)OC(C)(C)C)cc2cn1[C@@H]1CN(C(=O)OC(C)(C)C)C[C@@H]1O[Si](C)(C)C(C)(C)C. The molecular formula is C40H61N6O11SSi+. The molecule has 326 valence electrons. The molecule has 0 saturated carbocycles. The first kappa shape index (κ1) is 46.9. The second-order valence-corrected chi connectivity index (χ2v) is 24.6. The molecule has 0 radical (unpaired) electrons. The second kappa shape index (κ2) is 17.5. The molecule has 1 aliphatic heterocycles. The summed E-state index contributed by atoms with van der Waals surface area (Å²) in [4.78, 5) is 62.4. The topological polar surface area (TPSA) is 193 Å². The van der Waals surface area contributed by atoms with E-state index < -0.39 is 61.1 Å². The number of aliphatic carboxylic acids is 1. The van der Waals surface area contributed by atoms with E-state index in [4.69, 9.17) is 28.2 Å². The van der Waals surface area contributed by atoms with Crippen LogP contribution in [-0.2, 0) is 40.1 Å². The highest BCUT2D eigenvalue weighted by Crippen LogP contribution is 2.40. The number of carboxylic acids is 1. The summed E-state index contributed by atoms with van der Waals surface area (Å²) >= 11 is 0.952. The molecule has 1 unspecified atom stereocenters. The van der Waals surface area contributed by atoms with Crippen molar-refractivity contribution in [3.05, 3.63) is 35.5 Å². The summed E-state index contributed by atoms with van der Waals surface area (Å²) in [5, 5.41) is 18.4. The van der Waals surface area contributed by atoms with Gasteiger partial charge < -0.3 is 38.2 Å². The van der Waals surface area contributed by atoms with Gasteiger partial charge in [0.25, 0.3) is 6.10 Å². The zero-order chi connectivity index (χ0) is 44.5. The number of carbonyl (C=O) groups excluding carboxylic acids is 3. The lowest BCUT2D eigenvalue weighted by atomic mass is 10.2. The fourth-order valence-electron chi connectivity index (χ4n) is 5.67. The van der Waals surface area contributed by atoms with Gasteiger partial charge >= 0.3 is 24.1 Å². The number of nitrogens with zero attached hydrogens (tertiary/aromatic N) is 5. The van der Waals surface area contributed by atoms with E-state index in [1.807, 2.05) is 50.8 Å². The molecule has 3 aromatic rings. The van der Waals surface area contributed by atoms with Gasteiger partial charge in [0.1, 0.15) is 40.9 Å². The van der Waals surface area contributed by atoms with Crippen LogP contribution in [0.15, 0.2) is 34.9 Å². The predicted octanol–water partition coefficient (Wildman–Crippen LogP) is 7.05. The highest BCUT2D eigenvalue weighted by atomic mass is 32.1. The summed E-state index contributed by atoms with van der Waals surface area (Å²) in [6.45, 7) is 27.0. The van der Waals surface area contributed by atoms with Crippen molar-refractivity contribution in [3.63, 3.8) is 0 Å². The fourth-order valence-corrected chi connectivity index (χ4v) is 7.70. The summed E-state index contributed by atoms with van der Waals surface area (Å²) in [6, 6.07) is 5.19. The van der Waals surface area contributed by atoms with Gasteiger partial charge in [-0.15, -0.1) is 16.0 Å². The van der Waals surface area contributed by atoms with E-state index in [0.29, 0.717) is 18.8 Å². The number of aromatic nitrogens is 3. The lowest BCUT2D eigenvalue weighted by Crippen LogP contribution is -2.49. The van der Waals surface area contributed by atoms with Crippen LogP contribution in [-0.4, -0.2) is 107 Å². The third-order valence-corrected chi connectivity index (χ3v) is 14.6. The Bertz CT molecular complexity index is 2050. The van der Waals surface area contributed by atoms with Crippen molar-refractivity contribution < 1.29 is 57.2 Å².